The minimum absolute atomic E-state index is 0.241. The van der Waals surface area contributed by atoms with Crippen molar-refractivity contribution in [3.63, 3.8) is 0 Å². The van der Waals surface area contributed by atoms with Crippen LogP contribution in [0.25, 0.3) is 0 Å². The Morgan fingerprint density at radius 1 is 1.20 bits per heavy atom. The molecule has 0 heterocycles. The number of carboxylic acids is 1. The Morgan fingerprint density at radius 3 is 2.13 bits per heavy atom. The van der Waals surface area contributed by atoms with Gasteiger partial charge in [-0.05, 0) is 6.42 Å². The third-order valence-electron chi connectivity index (χ3n) is 2.22. The van der Waals surface area contributed by atoms with E-state index in [0.29, 0.717) is 0 Å². The third kappa shape index (κ3) is 5.15. The van der Waals surface area contributed by atoms with E-state index < -0.39 is 23.8 Å². The second-order valence-electron chi connectivity index (χ2n) is 3.60. The van der Waals surface area contributed by atoms with Gasteiger partial charge in [0.1, 0.15) is 12.2 Å². The first-order valence-electron chi connectivity index (χ1n) is 4.70. The maximum atomic E-state index is 11.4. The molecule has 86 valence electrons. The van der Waals surface area contributed by atoms with E-state index in [9.17, 15) is 14.4 Å². The highest BCUT2D eigenvalue weighted by Crippen LogP contribution is 2.14. The zero-order chi connectivity index (χ0) is 12.0. The molecule has 2 atom stereocenters. The molecule has 0 aromatic carbocycles. The largest absolute Gasteiger partial charge is 0.481 e. The van der Waals surface area contributed by atoms with E-state index in [2.05, 4.69) is 4.74 Å². The number of ether oxygens (including phenoxy) is 1. The second kappa shape index (κ2) is 6.16. The fourth-order valence-corrected chi connectivity index (χ4v) is 1.15. The standard InChI is InChI=1S/C10H16O5/c1-6(4-7(2)10(13)14)8(11)5-9(12)15-3/h6-7H,4-5H2,1-3H3,(H,13,14). The van der Waals surface area contributed by atoms with Gasteiger partial charge in [0.05, 0.1) is 13.0 Å². The van der Waals surface area contributed by atoms with E-state index in [4.69, 9.17) is 5.11 Å². The second-order valence-corrected chi connectivity index (χ2v) is 3.60. The van der Waals surface area contributed by atoms with E-state index in [-0.39, 0.29) is 18.6 Å². The van der Waals surface area contributed by atoms with Crippen molar-refractivity contribution in [1.29, 1.82) is 0 Å². The van der Waals surface area contributed by atoms with Crippen LogP contribution in [-0.4, -0.2) is 29.9 Å². The molecule has 1 N–H and O–H groups in total. The lowest BCUT2D eigenvalue weighted by molar-refractivity contribution is -0.144. The molecule has 0 amide bonds. The number of methoxy groups -OCH3 is 1. The minimum atomic E-state index is -0.937. The molecule has 0 aliphatic rings. The number of carbonyl (C=O) groups is 3. The van der Waals surface area contributed by atoms with Gasteiger partial charge in [0.15, 0.2) is 0 Å². The van der Waals surface area contributed by atoms with Gasteiger partial charge in [-0.1, -0.05) is 13.8 Å². The lowest BCUT2D eigenvalue weighted by Gasteiger charge is -2.12. The van der Waals surface area contributed by atoms with E-state index in [1.165, 1.54) is 14.0 Å². The smallest absolute Gasteiger partial charge is 0.313 e. The van der Waals surface area contributed by atoms with Crippen LogP contribution in [0.2, 0.25) is 0 Å². The van der Waals surface area contributed by atoms with Crippen LogP contribution >= 0.6 is 0 Å². The van der Waals surface area contributed by atoms with E-state index >= 15 is 0 Å². The molecule has 0 spiro atoms. The Bertz CT molecular complexity index is 259. The van der Waals surface area contributed by atoms with Gasteiger partial charge in [-0.15, -0.1) is 0 Å². The van der Waals surface area contributed by atoms with Gasteiger partial charge in [-0.25, -0.2) is 0 Å². The van der Waals surface area contributed by atoms with Crippen LogP contribution in [0.4, 0.5) is 0 Å². The van der Waals surface area contributed by atoms with Crippen LogP contribution in [0, 0.1) is 11.8 Å². The first kappa shape index (κ1) is 13.6. The summed E-state index contributed by atoms with van der Waals surface area (Å²) < 4.78 is 4.35. The molecule has 15 heavy (non-hydrogen) atoms. The van der Waals surface area contributed by atoms with Gasteiger partial charge < -0.3 is 9.84 Å². The normalized spacial score (nSPS) is 14.1. The molecule has 0 saturated carbocycles. The molecule has 0 aliphatic heterocycles. The average Bonchev–Trinajstić information content (AvgIpc) is 2.16. The average molecular weight is 216 g/mol. The fourth-order valence-electron chi connectivity index (χ4n) is 1.15. The molecule has 5 nitrogen and oxygen atoms in total. The molecule has 2 unspecified atom stereocenters. The van der Waals surface area contributed by atoms with Crippen molar-refractivity contribution >= 4 is 17.7 Å². The lowest BCUT2D eigenvalue weighted by atomic mass is 9.92. The van der Waals surface area contributed by atoms with Crippen molar-refractivity contribution in [3.05, 3.63) is 0 Å². The van der Waals surface area contributed by atoms with Crippen molar-refractivity contribution in [2.24, 2.45) is 11.8 Å². The van der Waals surface area contributed by atoms with Crippen molar-refractivity contribution in [2.75, 3.05) is 7.11 Å². The van der Waals surface area contributed by atoms with Gasteiger partial charge in [0, 0.05) is 5.92 Å². The Labute approximate surface area is 88.4 Å². The number of rotatable bonds is 6. The number of hydrogen-bond acceptors (Lipinski definition) is 4. The fraction of sp³-hybridized carbons (Fsp3) is 0.700. The Kier molecular flexibility index (Phi) is 5.59. The van der Waals surface area contributed by atoms with E-state index in [0.717, 1.165) is 0 Å². The first-order valence-corrected chi connectivity index (χ1v) is 4.70. The molecule has 0 fully saturated rings. The summed E-state index contributed by atoms with van der Waals surface area (Å²) >= 11 is 0. The Hall–Kier alpha value is -1.39. The SMILES string of the molecule is COC(=O)CC(=O)C(C)CC(C)C(=O)O. The lowest BCUT2D eigenvalue weighted by Crippen LogP contribution is -2.21. The molecule has 0 rings (SSSR count). The molecule has 0 saturated heterocycles. The van der Waals surface area contributed by atoms with Crippen molar-refractivity contribution < 1.29 is 24.2 Å². The Morgan fingerprint density at radius 2 is 1.73 bits per heavy atom. The minimum Gasteiger partial charge on any atom is -0.481 e. The number of esters is 1. The summed E-state index contributed by atoms with van der Waals surface area (Å²) in [6.45, 7) is 3.15. The van der Waals surface area contributed by atoms with Crippen LogP contribution in [0.3, 0.4) is 0 Å². The zero-order valence-electron chi connectivity index (χ0n) is 9.15. The van der Waals surface area contributed by atoms with Crippen LogP contribution in [-0.2, 0) is 19.1 Å². The molecule has 0 aliphatic carbocycles. The Balaban J connectivity index is 4.10. The molecular formula is C10H16O5. The number of carboxylic acid groups (broad SMARTS) is 1. The first-order chi connectivity index (χ1) is 6.88. The number of aliphatic carboxylic acids is 1. The van der Waals surface area contributed by atoms with Gasteiger partial charge >= 0.3 is 11.9 Å². The molecule has 5 heteroatoms. The predicted molar refractivity (Wildman–Crippen MR) is 52.2 cm³/mol. The van der Waals surface area contributed by atoms with E-state index in [1.54, 1.807) is 6.92 Å². The van der Waals surface area contributed by atoms with Gasteiger partial charge in [0.25, 0.3) is 0 Å². The summed E-state index contributed by atoms with van der Waals surface area (Å²) in [5, 5.41) is 8.64. The molecule has 0 aromatic heterocycles. The quantitative estimate of drug-likeness (QED) is 0.526. The van der Waals surface area contributed by atoms with Crippen LogP contribution in [0.5, 0.6) is 0 Å². The number of hydrogen-bond donors (Lipinski definition) is 1. The molecular weight excluding hydrogens is 200 g/mol. The summed E-state index contributed by atoms with van der Waals surface area (Å²) in [7, 11) is 1.21. The number of Topliss-reactive ketones (excluding diaryl/α,β-unsaturated/α-hetero) is 1. The van der Waals surface area contributed by atoms with Gasteiger partial charge in [-0.2, -0.15) is 0 Å². The summed E-state index contributed by atoms with van der Waals surface area (Å²) in [6, 6.07) is 0. The summed E-state index contributed by atoms with van der Waals surface area (Å²) in [5.74, 6) is -2.82. The van der Waals surface area contributed by atoms with Crippen LogP contribution in [0.1, 0.15) is 26.7 Å². The molecule has 0 aromatic rings. The monoisotopic (exact) mass is 216 g/mol. The summed E-state index contributed by atoms with van der Waals surface area (Å²) in [6.07, 6.45) is -0.0465. The highest BCUT2D eigenvalue weighted by Gasteiger charge is 2.22. The van der Waals surface area contributed by atoms with Gasteiger partial charge in [0.2, 0.25) is 0 Å². The highest BCUT2D eigenvalue weighted by molar-refractivity contribution is 5.96. The number of ketones is 1. The topological polar surface area (TPSA) is 80.7 Å². The predicted octanol–water partition coefficient (Wildman–Crippen LogP) is 0.866. The maximum absolute atomic E-state index is 11.4. The van der Waals surface area contributed by atoms with E-state index in [1.807, 2.05) is 0 Å². The highest BCUT2D eigenvalue weighted by atomic mass is 16.5. The summed E-state index contributed by atoms with van der Waals surface area (Å²) in [5.41, 5.74) is 0. The zero-order valence-corrected chi connectivity index (χ0v) is 9.15. The van der Waals surface area contributed by atoms with Crippen molar-refractivity contribution in [2.45, 2.75) is 26.7 Å². The van der Waals surface area contributed by atoms with Crippen molar-refractivity contribution in [3.8, 4) is 0 Å². The molecule has 0 bridgehead atoms. The van der Waals surface area contributed by atoms with Crippen LogP contribution < -0.4 is 0 Å². The molecule has 0 radical (unpaired) electrons. The van der Waals surface area contributed by atoms with Gasteiger partial charge in [-0.3, -0.25) is 14.4 Å². The van der Waals surface area contributed by atoms with Crippen LogP contribution in [0.15, 0.2) is 0 Å². The maximum Gasteiger partial charge on any atom is 0.313 e. The summed E-state index contributed by atoms with van der Waals surface area (Å²) in [4.78, 5) is 32.7. The third-order valence-corrected chi connectivity index (χ3v) is 2.22. The van der Waals surface area contributed by atoms with Crippen molar-refractivity contribution in [1.82, 2.24) is 0 Å². The number of carbonyl (C=O) groups excluding carboxylic acids is 2.